The number of nitrogens with zero attached hydrogens (tertiary/aromatic N) is 1. The Hall–Kier alpha value is -2.37. The van der Waals surface area contributed by atoms with Gasteiger partial charge < -0.3 is 10.6 Å². The van der Waals surface area contributed by atoms with Crippen molar-refractivity contribution in [3.05, 3.63) is 24.3 Å². The number of carbonyl (C=O) groups excluding carboxylic acids is 3. The van der Waals surface area contributed by atoms with E-state index in [1.54, 1.807) is 29.2 Å². The first kappa shape index (κ1) is 13.1. The standard InChI is InChI=1S/C13H15N3O3/c1-9(17)8-12(18)15-10-2-4-11(5-3-10)16-7-6-14-13(16)19/h2-5H,6-8H2,1H3,(H,14,19)(H,15,18). The third-order valence-electron chi connectivity index (χ3n) is 2.73. The summed E-state index contributed by atoms with van der Waals surface area (Å²) in [7, 11) is 0. The average Bonchev–Trinajstić information content (AvgIpc) is 2.75. The number of hydrogen-bond acceptors (Lipinski definition) is 3. The van der Waals surface area contributed by atoms with Crippen molar-refractivity contribution >= 4 is 29.1 Å². The highest BCUT2D eigenvalue weighted by Crippen LogP contribution is 2.19. The molecule has 1 aromatic carbocycles. The molecule has 0 spiro atoms. The van der Waals surface area contributed by atoms with Gasteiger partial charge in [-0.15, -0.1) is 0 Å². The number of ketones is 1. The maximum atomic E-state index is 11.5. The first-order chi connectivity index (χ1) is 9.06. The highest BCUT2D eigenvalue weighted by molar-refractivity contribution is 6.03. The van der Waals surface area contributed by atoms with Gasteiger partial charge in [0.15, 0.2) is 0 Å². The lowest BCUT2D eigenvalue weighted by Gasteiger charge is -2.14. The largest absolute Gasteiger partial charge is 0.336 e. The zero-order valence-electron chi connectivity index (χ0n) is 10.6. The fourth-order valence-electron chi connectivity index (χ4n) is 1.87. The Kier molecular flexibility index (Phi) is 3.79. The van der Waals surface area contributed by atoms with Crippen LogP contribution >= 0.6 is 0 Å². The minimum Gasteiger partial charge on any atom is -0.336 e. The number of rotatable bonds is 4. The van der Waals surface area contributed by atoms with Crippen LogP contribution in [0.25, 0.3) is 0 Å². The van der Waals surface area contributed by atoms with E-state index in [0.717, 1.165) is 5.69 Å². The highest BCUT2D eigenvalue weighted by Gasteiger charge is 2.20. The Bertz CT molecular complexity index is 510. The molecule has 6 heteroatoms. The quantitative estimate of drug-likeness (QED) is 0.797. The van der Waals surface area contributed by atoms with Gasteiger partial charge >= 0.3 is 6.03 Å². The molecule has 1 heterocycles. The van der Waals surface area contributed by atoms with E-state index >= 15 is 0 Å². The van der Waals surface area contributed by atoms with Gasteiger partial charge in [0.1, 0.15) is 5.78 Å². The Balaban J connectivity index is 2.00. The van der Waals surface area contributed by atoms with Crippen molar-refractivity contribution in [1.29, 1.82) is 0 Å². The molecule has 2 rings (SSSR count). The topological polar surface area (TPSA) is 78.5 Å². The third kappa shape index (κ3) is 3.31. The lowest BCUT2D eigenvalue weighted by molar-refractivity contribution is -0.124. The molecule has 19 heavy (non-hydrogen) atoms. The molecule has 6 nitrogen and oxygen atoms in total. The molecule has 0 aliphatic carbocycles. The smallest absolute Gasteiger partial charge is 0.321 e. The minimum atomic E-state index is -0.334. The lowest BCUT2D eigenvalue weighted by Crippen LogP contribution is -2.27. The van der Waals surface area contributed by atoms with Gasteiger partial charge in [-0.2, -0.15) is 0 Å². The summed E-state index contributed by atoms with van der Waals surface area (Å²) in [5.41, 5.74) is 1.38. The zero-order chi connectivity index (χ0) is 13.8. The Morgan fingerprint density at radius 2 is 2.00 bits per heavy atom. The van der Waals surface area contributed by atoms with Crippen LogP contribution in [0, 0.1) is 0 Å². The van der Waals surface area contributed by atoms with Crippen molar-refractivity contribution < 1.29 is 14.4 Å². The number of Topliss-reactive ketones (excluding diaryl/α,β-unsaturated/α-hetero) is 1. The fourth-order valence-corrected chi connectivity index (χ4v) is 1.87. The second kappa shape index (κ2) is 5.51. The molecule has 1 fully saturated rings. The number of nitrogens with one attached hydrogen (secondary N) is 2. The van der Waals surface area contributed by atoms with Gasteiger partial charge in [0.05, 0.1) is 6.42 Å². The van der Waals surface area contributed by atoms with Crippen LogP contribution in [-0.2, 0) is 9.59 Å². The van der Waals surface area contributed by atoms with Crippen LogP contribution in [0.4, 0.5) is 16.2 Å². The van der Waals surface area contributed by atoms with E-state index in [0.29, 0.717) is 18.8 Å². The summed E-state index contributed by atoms with van der Waals surface area (Å²) in [6, 6.07) is 6.81. The molecule has 1 aliphatic heterocycles. The lowest BCUT2D eigenvalue weighted by atomic mass is 10.2. The van der Waals surface area contributed by atoms with E-state index < -0.39 is 0 Å². The number of anilines is 2. The average molecular weight is 261 g/mol. The number of carbonyl (C=O) groups is 3. The molecule has 0 atom stereocenters. The monoisotopic (exact) mass is 261 g/mol. The molecule has 2 N–H and O–H groups in total. The molecular weight excluding hydrogens is 246 g/mol. The Morgan fingerprint density at radius 1 is 1.32 bits per heavy atom. The summed E-state index contributed by atoms with van der Waals surface area (Å²) in [4.78, 5) is 35.3. The summed E-state index contributed by atoms with van der Waals surface area (Å²) < 4.78 is 0. The summed E-state index contributed by atoms with van der Waals surface area (Å²) in [5.74, 6) is -0.512. The summed E-state index contributed by atoms with van der Waals surface area (Å²) in [6.45, 7) is 2.64. The van der Waals surface area contributed by atoms with E-state index in [4.69, 9.17) is 0 Å². The number of urea groups is 1. The first-order valence-electron chi connectivity index (χ1n) is 6.01. The summed E-state index contributed by atoms with van der Waals surface area (Å²) >= 11 is 0. The van der Waals surface area contributed by atoms with Crippen LogP contribution < -0.4 is 15.5 Å². The Labute approximate surface area is 110 Å². The van der Waals surface area contributed by atoms with Crippen LogP contribution in [0.2, 0.25) is 0 Å². The molecule has 1 aliphatic rings. The number of amides is 3. The van der Waals surface area contributed by atoms with Crippen molar-refractivity contribution in [2.24, 2.45) is 0 Å². The van der Waals surface area contributed by atoms with Crippen molar-refractivity contribution in [3.63, 3.8) is 0 Å². The minimum absolute atomic E-state index is 0.117. The van der Waals surface area contributed by atoms with Crippen molar-refractivity contribution in [2.45, 2.75) is 13.3 Å². The molecule has 0 bridgehead atoms. The van der Waals surface area contributed by atoms with E-state index in [9.17, 15) is 14.4 Å². The van der Waals surface area contributed by atoms with Crippen LogP contribution in [-0.4, -0.2) is 30.8 Å². The zero-order valence-corrected chi connectivity index (χ0v) is 10.6. The SMILES string of the molecule is CC(=O)CC(=O)Nc1ccc(N2CCNC2=O)cc1. The first-order valence-corrected chi connectivity index (χ1v) is 6.01. The van der Waals surface area contributed by atoms with Crippen LogP contribution in [0.5, 0.6) is 0 Å². The molecular formula is C13H15N3O3. The molecule has 0 unspecified atom stereocenters. The number of hydrogen-bond donors (Lipinski definition) is 2. The third-order valence-corrected chi connectivity index (χ3v) is 2.73. The van der Waals surface area contributed by atoms with Crippen molar-refractivity contribution in [1.82, 2.24) is 5.32 Å². The van der Waals surface area contributed by atoms with Crippen LogP contribution in [0.1, 0.15) is 13.3 Å². The number of benzene rings is 1. The fraction of sp³-hybridized carbons (Fsp3) is 0.308. The molecule has 0 aromatic heterocycles. The predicted octanol–water partition coefficient (Wildman–Crippen LogP) is 1.13. The maximum absolute atomic E-state index is 11.5. The Morgan fingerprint density at radius 3 is 2.53 bits per heavy atom. The molecule has 0 saturated carbocycles. The molecule has 1 saturated heterocycles. The highest BCUT2D eigenvalue weighted by atomic mass is 16.2. The van der Waals surface area contributed by atoms with E-state index in [1.807, 2.05) is 0 Å². The van der Waals surface area contributed by atoms with Crippen LogP contribution in [0.15, 0.2) is 24.3 Å². The van der Waals surface area contributed by atoms with Crippen molar-refractivity contribution in [3.8, 4) is 0 Å². The summed E-state index contributed by atoms with van der Waals surface area (Å²) in [5, 5.41) is 5.34. The van der Waals surface area contributed by atoms with Gasteiger partial charge in [0.2, 0.25) is 5.91 Å². The van der Waals surface area contributed by atoms with Gasteiger partial charge in [0, 0.05) is 24.5 Å². The van der Waals surface area contributed by atoms with Gasteiger partial charge in [-0.05, 0) is 31.2 Å². The summed E-state index contributed by atoms with van der Waals surface area (Å²) in [6.07, 6.45) is -0.129. The molecule has 0 radical (unpaired) electrons. The molecule has 3 amide bonds. The predicted molar refractivity (Wildman–Crippen MR) is 71.1 cm³/mol. The normalized spacial score (nSPS) is 14.2. The molecule has 100 valence electrons. The van der Waals surface area contributed by atoms with Gasteiger partial charge in [-0.1, -0.05) is 0 Å². The van der Waals surface area contributed by atoms with Gasteiger partial charge in [-0.25, -0.2) is 4.79 Å². The van der Waals surface area contributed by atoms with E-state index in [1.165, 1.54) is 6.92 Å². The van der Waals surface area contributed by atoms with E-state index in [-0.39, 0.29) is 24.1 Å². The van der Waals surface area contributed by atoms with Crippen LogP contribution in [0.3, 0.4) is 0 Å². The maximum Gasteiger partial charge on any atom is 0.321 e. The van der Waals surface area contributed by atoms with Gasteiger partial charge in [-0.3, -0.25) is 14.5 Å². The van der Waals surface area contributed by atoms with Crippen molar-refractivity contribution in [2.75, 3.05) is 23.3 Å². The van der Waals surface area contributed by atoms with Gasteiger partial charge in [0.25, 0.3) is 0 Å². The second-order valence-electron chi connectivity index (χ2n) is 4.36. The molecule has 1 aromatic rings. The second-order valence-corrected chi connectivity index (χ2v) is 4.36. The van der Waals surface area contributed by atoms with E-state index in [2.05, 4.69) is 10.6 Å².